The predicted molar refractivity (Wildman–Crippen MR) is 150 cm³/mol. The number of aliphatic hydroxyl groups is 1. The van der Waals surface area contributed by atoms with Gasteiger partial charge in [-0.3, -0.25) is 4.79 Å². The van der Waals surface area contributed by atoms with Crippen molar-refractivity contribution in [3.05, 3.63) is 101 Å². The molecule has 0 amide bonds. The summed E-state index contributed by atoms with van der Waals surface area (Å²) in [6.07, 6.45) is 7.43. The Kier molecular flexibility index (Phi) is 9.28. The first-order chi connectivity index (χ1) is 17.3. The van der Waals surface area contributed by atoms with E-state index in [9.17, 15) is 9.90 Å². The third-order valence-electron chi connectivity index (χ3n) is 7.84. The van der Waals surface area contributed by atoms with Crippen LogP contribution < -0.4 is 0 Å². The Balaban J connectivity index is 1.92. The average molecular weight is 485 g/mol. The van der Waals surface area contributed by atoms with E-state index in [0.717, 1.165) is 35.1 Å². The molecule has 0 aliphatic carbocycles. The molecule has 0 spiro atoms. The summed E-state index contributed by atoms with van der Waals surface area (Å²) in [6, 6.07) is 23.8. The van der Waals surface area contributed by atoms with Crippen molar-refractivity contribution in [1.82, 2.24) is 0 Å². The molecule has 0 radical (unpaired) electrons. The zero-order valence-corrected chi connectivity index (χ0v) is 22.4. The molecule has 36 heavy (non-hydrogen) atoms. The largest absolute Gasteiger partial charge is 0.463 e. The minimum Gasteiger partial charge on any atom is -0.463 e. The van der Waals surface area contributed by atoms with Crippen LogP contribution in [0.4, 0.5) is 0 Å². The van der Waals surface area contributed by atoms with Gasteiger partial charge in [-0.2, -0.15) is 0 Å². The molecule has 0 aliphatic heterocycles. The Morgan fingerprint density at radius 3 is 2.06 bits per heavy atom. The molecule has 0 aromatic heterocycles. The summed E-state index contributed by atoms with van der Waals surface area (Å²) in [5.74, 6) is 0. The molecule has 0 saturated heterocycles. The molecule has 3 nitrogen and oxygen atoms in total. The van der Waals surface area contributed by atoms with Gasteiger partial charge >= 0.3 is 0 Å². The summed E-state index contributed by atoms with van der Waals surface area (Å²) in [7, 11) is 0. The van der Waals surface area contributed by atoms with Gasteiger partial charge in [-0.05, 0) is 77.6 Å². The monoisotopic (exact) mass is 484 g/mol. The fourth-order valence-corrected chi connectivity index (χ4v) is 5.08. The van der Waals surface area contributed by atoms with E-state index in [4.69, 9.17) is 4.74 Å². The molecule has 0 heterocycles. The second-order valence-corrected chi connectivity index (χ2v) is 9.69. The summed E-state index contributed by atoms with van der Waals surface area (Å²) < 4.78 is 4.92. The fourth-order valence-electron chi connectivity index (χ4n) is 5.08. The summed E-state index contributed by atoms with van der Waals surface area (Å²) >= 11 is 0. The van der Waals surface area contributed by atoms with E-state index >= 15 is 0 Å². The molecule has 0 saturated carbocycles. The number of ether oxygens (including phenoxy) is 1. The lowest BCUT2D eigenvalue weighted by Gasteiger charge is -2.34. The smallest absolute Gasteiger partial charge is 0.293 e. The minimum absolute atomic E-state index is 0.0707. The van der Waals surface area contributed by atoms with Gasteiger partial charge in [-0.1, -0.05) is 101 Å². The summed E-state index contributed by atoms with van der Waals surface area (Å²) in [4.78, 5) is 10.5. The number of carbonyl (C=O) groups is 1. The standard InChI is InChI=1S/C33H40O3/c1-6-32(35,7-2)20-19-27-13-18-31(21-25(27)5)33(8-3,9-4)30-16-14-28(15-17-30)29-12-10-11-26(22-29)23-36-24-34/h10-22,24,35H,6-9,23H2,1-5H3/b20-19+. The van der Waals surface area contributed by atoms with Crippen LogP contribution in [0, 0.1) is 6.92 Å². The lowest BCUT2D eigenvalue weighted by atomic mass is 9.70. The molecule has 0 fully saturated rings. The van der Waals surface area contributed by atoms with Crippen molar-refractivity contribution in [2.24, 2.45) is 0 Å². The molecule has 3 heteroatoms. The number of hydrogen-bond acceptors (Lipinski definition) is 3. The fraction of sp³-hybridized carbons (Fsp3) is 0.364. The zero-order chi connectivity index (χ0) is 26.2. The summed E-state index contributed by atoms with van der Waals surface area (Å²) in [5, 5.41) is 10.6. The van der Waals surface area contributed by atoms with E-state index in [1.54, 1.807) is 0 Å². The normalized spacial score (nSPS) is 12.2. The minimum atomic E-state index is -0.746. The first-order valence-electron chi connectivity index (χ1n) is 13.1. The van der Waals surface area contributed by atoms with E-state index in [0.29, 0.717) is 19.3 Å². The Labute approximate surface area is 216 Å². The Hall–Kier alpha value is -3.17. The van der Waals surface area contributed by atoms with Crippen molar-refractivity contribution in [1.29, 1.82) is 0 Å². The van der Waals surface area contributed by atoms with E-state index < -0.39 is 5.60 Å². The van der Waals surface area contributed by atoms with Crippen LogP contribution in [-0.4, -0.2) is 17.2 Å². The van der Waals surface area contributed by atoms with Gasteiger partial charge in [0.1, 0.15) is 6.61 Å². The third kappa shape index (κ3) is 5.96. The highest BCUT2D eigenvalue weighted by Crippen LogP contribution is 2.40. The summed E-state index contributed by atoms with van der Waals surface area (Å²) in [6.45, 7) is 11.5. The van der Waals surface area contributed by atoms with Crippen LogP contribution in [0.1, 0.15) is 81.2 Å². The van der Waals surface area contributed by atoms with Crippen LogP contribution in [0.3, 0.4) is 0 Å². The van der Waals surface area contributed by atoms with Crippen LogP contribution in [0.5, 0.6) is 0 Å². The Morgan fingerprint density at radius 1 is 0.806 bits per heavy atom. The number of carbonyl (C=O) groups excluding carboxylic acids is 1. The number of benzene rings is 3. The molecular formula is C33H40O3. The van der Waals surface area contributed by atoms with Gasteiger partial charge in [-0.25, -0.2) is 0 Å². The maximum Gasteiger partial charge on any atom is 0.293 e. The Bertz CT molecular complexity index is 1170. The molecule has 0 bridgehead atoms. The van der Waals surface area contributed by atoms with Gasteiger partial charge in [0.2, 0.25) is 0 Å². The number of hydrogen-bond donors (Lipinski definition) is 1. The van der Waals surface area contributed by atoms with Crippen LogP contribution in [0.15, 0.2) is 72.8 Å². The molecule has 190 valence electrons. The SMILES string of the molecule is CCC(O)(/C=C/c1ccc(C(CC)(CC)c2ccc(-c3cccc(COC=O)c3)cc2)cc1C)CC. The van der Waals surface area contributed by atoms with Crippen LogP contribution in [0.2, 0.25) is 0 Å². The highest BCUT2D eigenvalue weighted by atomic mass is 16.5. The van der Waals surface area contributed by atoms with E-state index in [-0.39, 0.29) is 12.0 Å². The van der Waals surface area contributed by atoms with Gasteiger partial charge in [0.25, 0.3) is 6.47 Å². The average Bonchev–Trinajstić information content (AvgIpc) is 2.92. The molecule has 0 atom stereocenters. The van der Waals surface area contributed by atoms with Gasteiger partial charge < -0.3 is 9.84 Å². The van der Waals surface area contributed by atoms with E-state index in [1.165, 1.54) is 16.7 Å². The van der Waals surface area contributed by atoms with Crippen molar-refractivity contribution in [2.45, 2.75) is 77.9 Å². The van der Waals surface area contributed by atoms with Crippen LogP contribution in [-0.2, 0) is 21.6 Å². The third-order valence-corrected chi connectivity index (χ3v) is 7.84. The second kappa shape index (κ2) is 12.2. The van der Waals surface area contributed by atoms with Crippen LogP contribution in [0.25, 0.3) is 17.2 Å². The van der Waals surface area contributed by atoms with Gasteiger partial charge in [-0.15, -0.1) is 0 Å². The van der Waals surface area contributed by atoms with Gasteiger partial charge in [0.15, 0.2) is 0 Å². The second-order valence-electron chi connectivity index (χ2n) is 9.69. The first-order valence-corrected chi connectivity index (χ1v) is 13.1. The van der Waals surface area contributed by atoms with Crippen molar-refractivity contribution in [3.63, 3.8) is 0 Å². The number of aryl methyl sites for hydroxylation is 1. The molecule has 3 aromatic carbocycles. The molecule has 0 aliphatic rings. The van der Waals surface area contributed by atoms with Gasteiger partial charge in [0, 0.05) is 5.41 Å². The zero-order valence-electron chi connectivity index (χ0n) is 22.4. The highest BCUT2D eigenvalue weighted by Gasteiger charge is 2.31. The summed E-state index contributed by atoms with van der Waals surface area (Å²) in [5.41, 5.74) is 7.41. The maximum absolute atomic E-state index is 10.6. The predicted octanol–water partition coefficient (Wildman–Crippen LogP) is 8.01. The number of rotatable bonds is 12. The molecule has 1 N–H and O–H groups in total. The maximum atomic E-state index is 10.6. The first kappa shape index (κ1) is 27.4. The lowest BCUT2D eigenvalue weighted by molar-refractivity contribution is -0.129. The Morgan fingerprint density at radius 2 is 1.47 bits per heavy atom. The van der Waals surface area contributed by atoms with Crippen LogP contribution >= 0.6 is 0 Å². The van der Waals surface area contributed by atoms with Crippen molar-refractivity contribution < 1.29 is 14.6 Å². The van der Waals surface area contributed by atoms with E-state index in [2.05, 4.69) is 81.4 Å². The molecular weight excluding hydrogens is 444 g/mol. The molecule has 0 unspecified atom stereocenters. The van der Waals surface area contributed by atoms with Gasteiger partial charge in [0.05, 0.1) is 5.60 Å². The van der Waals surface area contributed by atoms with Crippen molar-refractivity contribution in [3.8, 4) is 11.1 Å². The highest BCUT2D eigenvalue weighted by molar-refractivity contribution is 5.65. The van der Waals surface area contributed by atoms with E-state index in [1.807, 2.05) is 32.1 Å². The van der Waals surface area contributed by atoms with Crippen molar-refractivity contribution >= 4 is 12.5 Å². The molecule has 3 rings (SSSR count). The quantitative estimate of drug-likeness (QED) is 0.265. The lowest BCUT2D eigenvalue weighted by Crippen LogP contribution is -2.26. The van der Waals surface area contributed by atoms with Crippen molar-refractivity contribution in [2.75, 3.05) is 0 Å². The topological polar surface area (TPSA) is 46.5 Å². The molecule has 3 aromatic rings.